The number of hydrogen-bond donors (Lipinski definition) is 0. The maximum atomic E-state index is 7.38. The maximum Gasteiger partial charge on any atom is 0.187 e. The Hall–Kier alpha value is -3.46. The zero-order chi connectivity index (χ0) is 24.9. The number of aryl methyl sites for hydroxylation is 1. The van der Waals surface area contributed by atoms with Gasteiger partial charge in [-0.2, -0.15) is 0 Å². The fourth-order valence-corrected chi connectivity index (χ4v) is 5.39. The Morgan fingerprint density at radius 3 is 2.58 bits per heavy atom. The molecule has 4 aromatic rings. The number of benzene rings is 3. The summed E-state index contributed by atoms with van der Waals surface area (Å²) < 4.78 is 5.98. The van der Waals surface area contributed by atoms with Crippen molar-refractivity contribution in [2.75, 3.05) is 27.2 Å². The van der Waals surface area contributed by atoms with Gasteiger partial charge in [0.1, 0.15) is 0 Å². The number of piperidine rings is 1. The Bertz CT molecular complexity index is 1340. The van der Waals surface area contributed by atoms with E-state index in [9.17, 15) is 0 Å². The van der Waals surface area contributed by atoms with Crippen LogP contribution < -0.4 is 0 Å². The van der Waals surface area contributed by atoms with Gasteiger partial charge in [-0.3, -0.25) is 4.90 Å². The van der Waals surface area contributed by atoms with E-state index in [2.05, 4.69) is 82.4 Å². The summed E-state index contributed by atoms with van der Waals surface area (Å²) in [6, 6.07) is 22.9. The van der Waals surface area contributed by atoms with Gasteiger partial charge >= 0.3 is 0 Å². The fourth-order valence-electron chi connectivity index (χ4n) is 5.39. The third-order valence-corrected chi connectivity index (χ3v) is 7.32. The van der Waals surface area contributed by atoms with E-state index in [0.29, 0.717) is 5.69 Å². The quantitative estimate of drug-likeness (QED) is 0.257. The van der Waals surface area contributed by atoms with Crippen molar-refractivity contribution in [1.29, 1.82) is 0 Å². The van der Waals surface area contributed by atoms with E-state index >= 15 is 0 Å². The smallest absolute Gasteiger partial charge is 0.187 e. The van der Waals surface area contributed by atoms with Crippen LogP contribution in [-0.2, 0) is 19.5 Å². The van der Waals surface area contributed by atoms with Gasteiger partial charge in [0.05, 0.1) is 12.3 Å². The highest BCUT2D eigenvalue weighted by Gasteiger charge is 2.22. The van der Waals surface area contributed by atoms with E-state index in [1.807, 2.05) is 18.2 Å². The third kappa shape index (κ3) is 5.51. The van der Waals surface area contributed by atoms with E-state index in [1.54, 1.807) is 0 Å². The van der Waals surface area contributed by atoms with E-state index < -0.39 is 0 Å². The van der Waals surface area contributed by atoms with Gasteiger partial charge in [-0.25, -0.2) is 4.85 Å². The Kier molecular flexibility index (Phi) is 7.46. The lowest BCUT2D eigenvalue weighted by Crippen LogP contribution is -2.33. The molecule has 1 aliphatic heterocycles. The SMILES string of the molecule is [C-]#[N+]c1cccc(-c2ccc3c(CCC4CCN(Cc5ccccc5)CC4)noc3c2CN(C)C)c1. The molecule has 0 unspecified atom stereocenters. The maximum absolute atomic E-state index is 7.38. The molecule has 1 aliphatic rings. The Labute approximate surface area is 214 Å². The van der Waals surface area contributed by atoms with Crippen molar-refractivity contribution in [3.8, 4) is 11.1 Å². The van der Waals surface area contributed by atoms with Crippen LogP contribution in [0.1, 0.15) is 36.1 Å². The molecule has 5 heteroatoms. The first-order chi connectivity index (χ1) is 17.6. The molecule has 0 bridgehead atoms. The van der Waals surface area contributed by atoms with Gasteiger partial charge in [-0.15, -0.1) is 0 Å². The molecular weight excluding hydrogens is 444 g/mol. The monoisotopic (exact) mass is 478 g/mol. The van der Waals surface area contributed by atoms with Crippen molar-refractivity contribution in [2.45, 2.75) is 38.8 Å². The predicted molar refractivity (Wildman–Crippen MR) is 146 cm³/mol. The molecular formula is C31H34N4O. The zero-order valence-electron chi connectivity index (χ0n) is 21.3. The molecule has 184 valence electrons. The van der Waals surface area contributed by atoms with E-state index in [0.717, 1.165) is 65.2 Å². The molecule has 0 atom stereocenters. The number of nitrogens with zero attached hydrogens (tertiary/aromatic N) is 4. The molecule has 1 saturated heterocycles. The van der Waals surface area contributed by atoms with Crippen LogP contribution in [0.3, 0.4) is 0 Å². The minimum absolute atomic E-state index is 0.650. The summed E-state index contributed by atoms with van der Waals surface area (Å²) in [7, 11) is 4.14. The first-order valence-corrected chi connectivity index (χ1v) is 12.9. The second kappa shape index (κ2) is 11.1. The Morgan fingerprint density at radius 2 is 1.83 bits per heavy atom. The van der Waals surface area contributed by atoms with E-state index in [1.165, 1.54) is 31.5 Å². The topological polar surface area (TPSA) is 36.9 Å². The van der Waals surface area contributed by atoms with Crippen molar-refractivity contribution in [3.05, 3.63) is 95.0 Å². The van der Waals surface area contributed by atoms with Crippen LogP contribution >= 0.6 is 0 Å². The number of hydrogen-bond acceptors (Lipinski definition) is 4. The van der Waals surface area contributed by atoms with Crippen molar-refractivity contribution in [2.24, 2.45) is 5.92 Å². The summed E-state index contributed by atoms with van der Waals surface area (Å²) >= 11 is 0. The van der Waals surface area contributed by atoms with Crippen LogP contribution in [-0.4, -0.2) is 42.1 Å². The molecule has 5 nitrogen and oxygen atoms in total. The molecule has 0 saturated carbocycles. The van der Waals surface area contributed by atoms with Crippen LogP contribution in [0.25, 0.3) is 26.9 Å². The van der Waals surface area contributed by atoms with E-state index in [-0.39, 0.29) is 0 Å². The largest absolute Gasteiger partial charge is 0.356 e. The number of fused-ring (bicyclic) bond motifs is 1. The molecule has 0 spiro atoms. The lowest BCUT2D eigenvalue weighted by Gasteiger charge is -2.32. The van der Waals surface area contributed by atoms with Crippen LogP contribution in [0.15, 0.2) is 71.3 Å². The lowest BCUT2D eigenvalue weighted by atomic mass is 9.90. The standard InChI is InChI=1S/C31H34N4O/c1-32-26-11-7-10-25(20-26)27-13-14-28-30(33-36-31(28)29(27)22-34(2)3)15-12-23-16-18-35(19-17-23)21-24-8-5-4-6-9-24/h4-11,13-14,20,23H,12,15-19,21-22H2,2-3H3. The van der Waals surface area contributed by atoms with Crippen molar-refractivity contribution in [3.63, 3.8) is 0 Å². The molecule has 1 aromatic heterocycles. The normalized spacial score (nSPS) is 14.9. The highest BCUT2D eigenvalue weighted by Crippen LogP contribution is 2.35. The minimum atomic E-state index is 0.650. The van der Waals surface area contributed by atoms with Crippen molar-refractivity contribution >= 4 is 16.7 Å². The third-order valence-electron chi connectivity index (χ3n) is 7.32. The summed E-state index contributed by atoms with van der Waals surface area (Å²) in [5.74, 6) is 0.737. The molecule has 0 N–H and O–H groups in total. The molecule has 1 fully saturated rings. The van der Waals surface area contributed by atoms with Gasteiger partial charge in [0.2, 0.25) is 0 Å². The first-order valence-electron chi connectivity index (χ1n) is 12.9. The summed E-state index contributed by atoms with van der Waals surface area (Å²) in [5, 5.41) is 5.66. The molecule has 2 heterocycles. The van der Waals surface area contributed by atoms with Gasteiger partial charge in [-0.1, -0.05) is 59.8 Å². The van der Waals surface area contributed by atoms with Crippen LogP contribution in [0.5, 0.6) is 0 Å². The second-order valence-electron chi connectivity index (χ2n) is 10.2. The predicted octanol–water partition coefficient (Wildman–Crippen LogP) is 6.95. The summed E-state index contributed by atoms with van der Waals surface area (Å²) in [5.41, 5.74) is 7.28. The highest BCUT2D eigenvalue weighted by atomic mass is 16.5. The number of likely N-dealkylation sites (tertiary alicyclic amines) is 1. The van der Waals surface area contributed by atoms with Crippen LogP contribution in [0.4, 0.5) is 5.69 Å². The second-order valence-corrected chi connectivity index (χ2v) is 10.2. The summed E-state index contributed by atoms with van der Waals surface area (Å²) in [6.07, 6.45) is 4.59. The van der Waals surface area contributed by atoms with Gasteiger partial charge < -0.3 is 9.42 Å². The van der Waals surface area contributed by atoms with Gasteiger partial charge in [-0.05, 0) is 87.6 Å². The van der Waals surface area contributed by atoms with Crippen LogP contribution in [0, 0.1) is 12.5 Å². The van der Waals surface area contributed by atoms with Crippen molar-refractivity contribution < 1.29 is 4.52 Å². The Balaban J connectivity index is 1.29. The van der Waals surface area contributed by atoms with Gasteiger partial charge in [0, 0.05) is 24.0 Å². The average molecular weight is 479 g/mol. The molecule has 36 heavy (non-hydrogen) atoms. The average Bonchev–Trinajstić information content (AvgIpc) is 3.32. The first kappa shape index (κ1) is 24.2. The number of rotatable bonds is 8. The zero-order valence-corrected chi connectivity index (χ0v) is 21.3. The Morgan fingerprint density at radius 1 is 1.03 bits per heavy atom. The molecule has 0 aliphatic carbocycles. The van der Waals surface area contributed by atoms with Gasteiger partial charge in [0.25, 0.3) is 0 Å². The molecule has 0 amide bonds. The number of aromatic nitrogens is 1. The van der Waals surface area contributed by atoms with E-state index in [4.69, 9.17) is 11.1 Å². The highest BCUT2D eigenvalue weighted by molar-refractivity contribution is 5.89. The fraction of sp³-hybridized carbons (Fsp3) is 0.355. The molecule has 3 aromatic carbocycles. The summed E-state index contributed by atoms with van der Waals surface area (Å²) in [4.78, 5) is 8.34. The molecule has 5 rings (SSSR count). The van der Waals surface area contributed by atoms with Gasteiger partial charge in [0.15, 0.2) is 11.3 Å². The van der Waals surface area contributed by atoms with Crippen LogP contribution in [0.2, 0.25) is 0 Å². The minimum Gasteiger partial charge on any atom is -0.356 e. The van der Waals surface area contributed by atoms with Crippen molar-refractivity contribution in [1.82, 2.24) is 15.0 Å². The lowest BCUT2D eigenvalue weighted by molar-refractivity contribution is 0.172. The molecule has 0 radical (unpaired) electrons. The summed E-state index contributed by atoms with van der Waals surface area (Å²) in [6.45, 7) is 11.5.